The van der Waals surface area contributed by atoms with Gasteiger partial charge in [-0.15, -0.1) is 16.4 Å². The molecule has 0 N–H and O–H groups in total. The third kappa shape index (κ3) is 4.13. The topological polar surface area (TPSA) is 63.9 Å². The molecule has 1 fully saturated rings. The molecular weight excluding hydrogens is 451 g/mol. The van der Waals surface area contributed by atoms with Gasteiger partial charge < -0.3 is 4.90 Å². The fourth-order valence-corrected chi connectivity index (χ4v) is 4.68. The largest absolute Gasteiger partial charge is 0.416 e. The number of aromatic nitrogens is 4. The van der Waals surface area contributed by atoms with Crippen LogP contribution in [0.25, 0.3) is 16.4 Å². The lowest BCUT2D eigenvalue weighted by atomic mass is 10.1. The highest BCUT2D eigenvalue weighted by Crippen LogP contribution is 2.34. The highest BCUT2D eigenvalue weighted by atomic mass is 32.1. The van der Waals surface area contributed by atoms with Crippen LogP contribution in [0.1, 0.15) is 40.8 Å². The number of thiophene rings is 1. The van der Waals surface area contributed by atoms with Crippen molar-refractivity contribution in [1.29, 1.82) is 0 Å². The van der Waals surface area contributed by atoms with Gasteiger partial charge in [0.15, 0.2) is 5.82 Å². The lowest BCUT2D eigenvalue weighted by molar-refractivity contribution is -0.137. The standard InChI is InChI=1S/C23H18F3N5OS/c24-23(25,26)15-6-3-7-16(14-15)31-21(19-10-5-13-33-19)28-20(29-31)22(32)30-12-4-9-18(30)17-8-1-2-11-27-17/h1-3,5-8,10-11,13-14,18H,4,9,12H2. The number of nitrogens with zero attached hydrogens (tertiary/aromatic N) is 5. The van der Waals surface area contributed by atoms with Gasteiger partial charge in [0.2, 0.25) is 5.82 Å². The fraction of sp³-hybridized carbons (Fsp3) is 0.217. The summed E-state index contributed by atoms with van der Waals surface area (Å²) in [7, 11) is 0. The summed E-state index contributed by atoms with van der Waals surface area (Å²) >= 11 is 1.37. The van der Waals surface area contributed by atoms with E-state index < -0.39 is 11.7 Å². The van der Waals surface area contributed by atoms with Crippen LogP contribution >= 0.6 is 11.3 Å². The Bertz CT molecular complexity index is 1270. The average molecular weight is 469 g/mol. The van der Waals surface area contributed by atoms with Crippen LogP contribution in [0.3, 0.4) is 0 Å². The first kappa shape index (κ1) is 21.3. The van der Waals surface area contributed by atoms with E-state index in [0.29, 0.717) is 17.2 Å². The minimum Gasteiger partial charge on any atom is -0.327 e. The molecule has 1 aliphatic heterocycles. The predicted molar refractivity (Wildman–Crippen MR) is 117 cm³/mol. The van der Waals surface area contributed by atoms with Crippen LogP contribution in [0.2, 0.25) is 0 Å². The molecule has 1 unspecified atom stereocenters. The van der Waals surface area contributed by atoms with Gasteiger partial charge in [0, 0.05) is 12.7 Å². The Kier molecular flexibility index (Phi) is 5.45. The van der Waals surface area contributed by atoms with Crippen molar-refractivity contribution >= 4 is 17.2 Å². The van der Waals surface area contributed by atoms with E-state index in [4.69, 9.17) is 0 Å². The molecule has 10 heteroatoms. The maximum absolute atomic E-state index is 13.4. The van der Waals surface area contributed by atoms with Gasteiger partial charge in [-0.25, -0.2) is 9.67 Å². The maximum atomic E-state index is 13.4. The molecule has 4 heterocycles. The molecule has 0 bridgehead atoms. The molecular formula is C23H18F3N5OS. The highest BCUT2D eigenvalue weighted by Gasteiger charge is 2.35. The Hall–Kier alpha value is -3.53. The second-order valence-corrected chi connectivity index (χ2v) is 8.56. The summed E-state index contributed by atoms with van der Waals surface area (Å²) in [5.41, 5.74) is 0.178. The van der Waals surface area contributed by atoms with Crippen molar-refractivity contribution in [2.24, 2.45) is 0 Å². The third-order valence-electron chi connectivity index (χ3n) is 5.50. The van der Waals surface area contributed by atoms with E-state index in [9.17, 15) is 18.0 Å². The minimum absolute atomic E-state index is 0.0568. The van der Waals surface area contributed by atoms with E-state index in [2.05, 4.69) is 15.1 Å². The number of carbonyl (C=O) groups excluding carboxylic acids is 1. The molecule has 0 aliphatic carbocycles. The van der Waals surface area contributed by atoms with Gasteiger partial charge in [0.25, 0.3) is 5.91 Å². The van der Waals surface area contributed by atoms with Crippen LogP contribution in [-0.4, -0.2) is 37.1 Å². The number of carbonyl (C=O) groups is 1. The molecule has 1 aliphatic rings. The lowest BCUT2D eigenvalue weighted by Gasteiger charge is -2.22. The van der Waals surface area contributed by atoms with Gasteiger partial charge in [0.1, 0.15) is 0 Å². The molecule has 3 aromatic heterocycles. The van der Waals surface area contributed by atoms with Gasteiger partial charge in [0.05, 0.1) is 27.9 Å². The summed E-state index contributed by atoms with van der Waals surface area (Å²) in [6.07, 6.45) is -1.22. The second kappa shape index (κ2) is 8.43. The molecule has 6 nitrogen and oxygen atoms in total. The fourth-order valence-electron chi connectivity index (χ4n) is 3.98. The number of pyridine rings is 1. The molecule has 168 valence electrons. The summed E-state index contributed by atoms with van der Waals surface area (Å²) in [6, 6.07) is 13.8. The van der Waals surface area contributed by atoms with E-state index in [1.54, 1.807) is 17.2 Å². The molecule has 4 aromatic rings. The number of likely N-dealkylation sites (tertiary alicyclic amines) is 1. The zero-order chi connectivity index (χ0) is 23.0. The van der Waals surface area contributed by atoms with E-state index in [-0.39, 0.29) is 23.5 Å². The molecule has 0 radical (unpaired) electrons. The SMILES string of the molecule is O=C(c1nc(-c2cccs2)n(-c2cccc(C(F)(F)F)c2)n1)N1CCCC1c1ccccn1. The van der Waals surface area contributed by atoms with Crippen LogP contribution in [-0.2, 0) is 6.18 Å². The first-order chi connectivity index (χ1) is 15.9. The smallest absolute Gasteiger partial charge is 0.327 e. The van der Waals surface area contributed by atoms with Gasteiger partial charge in [-0.2, -0.15) is 13.2 Å². The number of rotatable bonds is 4. The zero-order valence-electron chi connectivity index (χ0n) is 17.2. The number of amides is 1. The Morgan fingerprint density at radius 2 is 1.97 bits per heavy atom. The number of alkyl halides is 3. The number of benzene rings is 1. The second-order valence-electron chi connectivity index (χ2n) is 7.61. The monoisotopic (exact) mass is 469 g/mol. The number of halogens is 3. The van der Waals surface area contributed by atoms with Crippen molar-refractivity contribution < 1.29 is 18.0 Å². The molecule has 1 saturated heterocycles. The predicted octanol–water partition coefficient (Wildman–Crippen LogP) is 5.39. The van der Waals surface area contributed by atoms with Crippen LogP contribution in [0.15, 0.2) is 66.2 Å². The van der Waals surface area contributed by atoms with Gasteiger partial charge in [-0.05, 0) is 54.6 Å². The molecule has 5 rings (SSSR count). The Morgan fingerprint density at radius 1 is 1.09 bits per heavy atom. The number of hydrogen-bond donors (Lipinski definition) is 0. The Balaban J connectivity index is 1.55. The zero-order valence-corrected chi connectivity index (χ0v) is 18.1. The quantitative estimate of drug-likeness (QED) is 0.402. The van der Waals surface area contributed by atoms with Gasteiger partial charge in [-0.3, -0.25) is 9.78 Å². The molecule has 1 amide bonds. The van der Waals surface area contributed by atoms with E-state index >= 15 is 0 Å². The van der Waals surface area contributed by atoms with Crippen molar-refractivity contribution in [3.05, 3.63) is 83.3 Å². The van der Waals surface area contributed by atoms with Crippen molar-refractivity contribution in [3.63, 3.8) is 0 Å². The van der Waals surface area contributed by atoms with Crippen molar-refractivity contribution in [2.45, 2.75) is 25.1 Å². The van der Waals surface area contributed by atoms with E-state index in [1.165, 1.54) is 28.2 Å². The minimum atomic E-state index is -4.50. The highest BCUT2D eigenvalue weighted by molar-refractivity contribution is 7.13. The maximum Gasteiger partial charge on any atom is 0.416 e. The van der Waals surface area contributed by atoms with Crippen molar-refractivity contribution in [2.75, 3.05) is 6.54 Å². The summed E-state index contributed by atoms with van der Waals surface area (Å²) in [6.45, 7) is 0.534. The summed E-state index contributed by atoms with van der Waals surface area (Å²) in [5.74, 6) is -0.105. The molecule has 0 spiro atoms. The Morgan fingerprint density at radius 3 is 2.70 bits per heavy atom. The molecule has 1 atom stereocenters. The first-order valence-electron chi connectivity index (χ1n) is 10.3. The molecule has 33 heavy (non-hydrogen) atoms. The molecule has 0 saturated carbocycles. The van der Waals surface area contributed by atoms with Crippen LogP contribution < -0.4 is 0 Å². The summed E-state index contributed by atoms with van der Waals surface area (Å²) in [4.78, 5) is 24.6. The van der Waals surface area contributed by atoms with Crippen molar-refractivity contribution in [1.82, 2.24) is 24.6 Å². The molecule has 1 aromatic carbocycles. The summed E-state index contributed by atoms with van der Waals surface area (Å²) < 4.78 is 41.2. The van der Waals surface area contributed by atoms with Crippen molar-refractivity contribution in [3.8, 4) is 16.4 Å². The lowest BCUT2D eigenvalue weighted by Crippen LogP contribution is -2.31. The average Bonchev–Trinajstić information content (AvgIpc) is 3.59. The van der Waals surface area contributed by atoms with Crippen LogP contribution in [0.4, 0.5) is 13.2 Å². The van der Waals surface area contributed by atoms with E-state index in [0.717, 1.165) is 30.7 Å². The Labute approximate surface area is 191 Å². The summed E-state index contributed by atoms with van der Waals surface area (Å²) in [5, 5.41) is 6.20. The van der Waals surface area contributed by atoms with Gasteiger partial charge in [-0.1, -0.05) is 18.2 Å². The third-order valence-corrected chi connectivity index (χ3v) is 6.37. The number of hydrogen-bond acceptors (Lipinski definition) is 5. The first-order valence-corrected chi connectivity index (χ1v) is 11.2. The van der Waals surface area contributed by atoms with Gasteiger partial charge >= 0.3 is 6.18 Å². The van der Waals surface area contributed by atoms with Crippen LogP contribution in [0.5, 0.6) is 0 Å². The normalized spacial score (nSPS) is 16.3. The van der Waals surface area contributed by atoms with Crippen LogP contribution in [0, 0.1) is 0 Å². The van der Waals surface area contributed by atoms with E-state index in [1.807, 2.05) is 29.6 Å².